The Kier molecular flexibility index (Phi) is 2.46. The molecule has 1 aliphatic carbocycles. The van der Waals surface area contributed by atoms with Crippen LogP contribution in [0.2, 0.25) is 0 Å². The van der Waals surface area contributed by atoms with Gasteiger partial charge < -0.3 is 4.42 Å². The summed E-state index contributed by atoms with van der Waals surface area (Å²) < 4.78 is 5.54. The average Bonchev–Trinajstić information content (AvgIpc) is 2.75. The Morgan fingerprint density at radius 2 is 2.06 bits per heavy atom. The van der Waals surface area contributed by atoms with Gasteiger partial charge in [-0.1, -0.05) is 23.8 Å². The van der Waals surface area contributed by atoms with Crippen LogP contribution >= 0.6 is 0 Å². The summed E-state index contributed by atoms with van der Waals surface area (Å²) in [6, 6.07) is 6.71. The summed E-state index contributed by atoms with van der Waals surface area (Å²) >= 11 is 0. The molecule has 0 saturated heterocycles. The van der Waals surface area contributed by atoms with Crippen molar-refractivity contribution < 1.29 is 4.42 Å². The standard InChI is InChI=1S/C14H16N2O/c1-9-3-4-12-8-13(6-5-11(12)7-9)14-16-15-10(2)17-14/h3-4,7,13H,5-6,8H2,1-2H3. The Morgan fingerprint density at radius 3 is 2.82 bits per heavy atom. The molecule has 1 aromatic carbocycles. The highest BCUT2D eigenvalue weighted by Crippen LogP contribution is 2.32. The zero-order valence-electron chi connectivity index (χ0n) is 10.2. The Morgan fingerprint density at radius 1 is 1.18 bits per heavy atom. The second kappa shape index (κ2) is 3.99. The summed E-state index contributed by atoms with van der Waals surface area (Å²) in [5, 5.41) is 8.06. The average molecular weight is 228 g/mol. The molecule has 3 nitrogen and oxygen atoms in total. The summed E-state index contributed by atoms with van der Waals surface area (Å²) in [6.45, 7) is 3.99. The second-order valence-electron chi connectivity index (χ2n) is 4.87. The second-order valence-corrected chi connectivity index (χ2v) is 4.87. The van der Waals surface area contributed by atoms with Crippen molar-refractivity contribution in [3.05, 3.63) is 46.7 Å². The van der Waals surface area contributed by atoms with Gasteiger partial charge in [-0.25, -0.2) is 0 Å². The Bertz CT molecular complexity index is 545. The van der Waals surface area contributed by atoms with Gasteiger partial charge in [-0.2, -0.15) is 0 Å². The van der Waals surface area contributed by atoms with Crippen molar-refractivity contribution >= 4 is 0 Å². The van der Waals surface area contributed by atoms with Gasteiger partial charge >= 0.3 is 0 Å². The van der Waals surface area contributed by atoms with Crippen LogP contribution in [0, 0.1) is 13.8 Å². The third-order valence-corrected chi connectivity index (χ3v) is 3.48. The highest BCUT2D eigenvalue weighted by molar-refractivity contribution is 5.34. The van der Waals surface area contributed by atoms with Crippen LogP contribution < -0.4 is 0 Å². The van der Waals surface area contributed by atoms with E-state index in [-0.39, 0.29) is 0 Å². The molecule has 1 heterocycles. The van der Waals surface area contributed by atoms with Gasteiger partial charge in [-0.15, -0.1) is 10.2 Å². The van der Waals surface area contributed by atoms with E-state index in [9.17, 15) is 0 Å². The van der Waals surface area contributed by atoms with E-state index in [2.05, 4.69) is 35.3 Å². The fraction of sp³-hybridized carbons (Fsp3) is 0.429. The van der Waals surface area contributed by atoms with Gasteiger partial charge in [0.25, 0.3) is 0 Å². The minimum Gasteiger partial charge on any atom is -0.425 e. The first-order chi connectivity index (χ1) is 8.22. The minimum atomic E-state index is 0.395. The van der Waals surface area contributed by atoms with Crippen LogP contribution in [0.1, 0.15) is 40.8 Å². The number of aryl methyl sites for hydroxylation is 3. The molecule has 0 bridgehead atoms. The monoisotopic (exact) mass is 228 g/mol. The van der Waals surface area contributed by atoms with Gasteiger partial charge in [0.15, 0.2) is 0 Å². The summed E-state index contributed by atoms with van der Waals surface area (Å²) in [5.41, 5.74) is 4.26. The molecule has 2 aromatic rings. The summed E-state index contributed by atoms with van der Waals surface area (Å²) in [4.78, 5) is 0. The lowest BCUT2D eigenvalue weighted by molar-refractivity contribution is 0.404. The lowest BCUT2D eigenvalue weighted by Crippen LogP contribution is -2.13. The first-order valence-corrected chi connectivity index (χ1v) is 6.11. The largest absolute Gasteiger partial charge is 0.425 e. The van der Waals surface area contributed by atoms with Crippen molar-refractivity contribution in [1.29, 1.82) is 0 Å². The van der Waals surface area contributed by atoms with Gasteiger partial charge in [-0.05, 0) is 37.3 Å². The first kappa shape index (κ1) is 10.5. The molecular weight excluding hydrogens is 212 g/mol. The van der Waals surface area contributed by atoms with E-state index in [0.717, 1.165) is 25.2 Å². The maximum Gasteiger partial charge on any atom is 0.219 e. The van der Waals surface area contributed by atoms with Gasteiger partial charge in [0.05, 0.1) is 0 Å². The molecule has 3 heteroatoms. The maximum absolute atomic E-state index is 5.54. The summed E-state index contributed by atoms with van der Waals surface area (Å²) in [5.74, 6) is 1.86. The van der Waals surface area contributed by atoms with Gasteiger partial charge in [-0.3, -0.25) is 0 Å². The van der Waals surface area contributed by atoms with Crippen molar-refractivity contribution in [1.82, 2.24) is 10.2 Å². The maximum atomic E-state index is 5.54. The van der Waals surface area contributed by atoms with Crippen LogP contribution in [0.4, 0.5) is 0 Å². The number of benzene rings is 1. The summed E-state index contributed by atoms with van der Waals surface area (Å²) in [7, 11) is 0. The number of hydrogen-bond acceptors (Lipinski definition) is 3. The number of nitrogens with zero attached hydrogens (tertiary/aromatic N) is 2. The molecule has 1 aliphatic rings. The minimum absolute atomic E-state index is 0.395. The summed E-state index contributed by atoms with van der Waals surface area (Å²) in [6.07, 6.45) is 3.25. The smallest absolute Gasteiger partial charge is 0.219 e. The first-order valence-electron chi connectivity index (χ1n) is 6.11. The lowest BCUT2D eigenvalue weighted by Gasteiger charge is -2.22. The van der Waals surface area contributed by atoms with E-state index in [4.69, 9.17) is 4.42 Å². The van der Waals surface area contributed by atoms with Crippen LogP contribution in [0.25, 0.3) is 0 Å². The van der Waals surface area contributed by atoms with Crippen molar-refractivity contribution in [2.24, 2.45) is 0 Å². The lowest BCUT2D eigenvalue weighted by atomic mass is 9.83. The quantitative estimate of drug-likeness (QED) is 0.753. The highest BCUT2D eigenvalue weighted by atomic mass is 16.4. The molecule has 0 fully saturated rings. The third-order valence-electron chi connectivity index (χ3n) is 3.48. The normalized spacial score (nSPS) is 19.1. The molecule has 0 amide bonds. The molecule has 0 aliphatic heterocycles. The van der Waals surface area contributed by atoms with Crippen LogP contribution in [-0.2, 0) is 12.8 Å². The van der Waals surface area contributed by atoms with E-state index in [0.29, 0.717) is 11.8 Å². The number of fused-ring (bicyclic) bond motifs is 1. The molecule has 0 N–H and O–H groups in total. The highest BCUT2D eigenvalue weighted by Gasteiger charge is 2.24. The fourth-order valence-corrected chi connectivity index (χ4v) is 2.57. The van der Waals surface area contributed by atoms with Gasteiger partial charge in [0, 0.05) is 12.8 Å². The molecule has 0 radical (unpaired) electrons. The third kappa shape index (κ3) is 1.97. The zero-order chi connectivity index (χ0) is 11.8. The van der Waals surface area contributed by atoms with Crippen LogP contribution in [-0.4, -0.2) is 10.2 Å². The number of aromatic nitrogens is 2. The van der Waals surface area contributed by atoms with Crippen LogP contribution in [0.15, 0.2) is 22.6 Å². The Labute approximate surface area is 101 Å². The predicted molar refractivity (Wildman–Crippen MR) is 65.0 cm³/mol. The van der Waals surface area contributed by atoms with Gasteiger partial charge in [0.2, 0.25) is 11.8 Å². The number of rotatable bonds is 1. The van der Waals surface area contributed by atoms with E-state index in [1.807, 2.05) is 6.92 Å². The van der Waals surface area contributed by atoms with Crippen molar-refractivity contribution in [3.8, 4) is 0 Å². The molecular formula is C14H16N2O. The molecule has 88 valence electrons. The number of hydrogen-bond donors (Lipinski definition) is 0. The Balaban J connectivity index is 1.88. The molecule has 1 aromatic heterocycles. The van der Waals surface area contributed by atoms with Crippen molar-refractivity contribution in [2.75, 3.05) is 0 Å². The van der Waals surface area contributed by atoms with Gasteiger partial charge in [0.1, 0.15) is 0 Å². The van der Waals surface area contributed by atoms with E-state index >= 15 is 0 Å². The molecule has 0 spiro atoms. The zero-order valence-corrected chi connectivity index (χ0v) is 10.2. The molecule has 3 rings (SSSR count). The van der Waals surface area contributed by atoms with E-state index in [1.54, 1.807) is 0 Å². The molecule has 17 heavy (non-hydrogen) atoms. The SMILES string of the molecule is Cc1ccc2c(c1)CCC(c1nnc(C)o1)C2. The molecule has 1 atom stereocenters. The Hall–Kier alpha value is -1.64. The van der Waals surface area contributed by atoms with E-state index in [1.165, 1.54) is 16.7 Å². The topological polar surface area (TPSA) is 38.9 Å². The predicted octanol–water partition coefficient (Wildman–Crippen LogP) is 2.96. The van der Waals surface area contributed by atoms with Crippen LogP contribution in [0.5, 0.6) is 0 Å². The van der Waals surface area contributed by atoms with Crippen molar-refractivity contribution in [3.63, 3.8) is 0 Å². The molecule has 0 saturated carbocycles. The van der Waals surface area contributed by atoms with Crippen molar-refractivity contribution in [2.45, 2.75) is 39.0 Å². The van der Waals surface area contributed by atoms with Crippen LogP contribution in [0.3, 0.4) is 0 Å². The van der Waals surface area contributed by atoms with E-state index < -0.39 is 0 Å². The fourth-order valence-electron chi connectivity index (χ4n) is 2.57. The molecule has 1 unspecified atom stereocenters.